The average Bonchev–Trinajstić information content (AvgIpc) is 2.47. The molecule has 1 spiro atoms. The summed E-state index contributed by atoms with van der Waals surface area (Å²) >= 11 is 1.92. The molecule has 74 valence electrons. The second kappa shape index (κ2) is 3.15. The van der Waals surface area contributed by atoms with Crippen LogP contribution < -0.4 is 11.1 Å². The molecule has 0 unspecified atom stereocenters. The maximum Gasteiger partial charge on any atom is 0.239 e. The van der Waals surface area contributed by atoms with Gasteiger partial charge in [0, 0.05) is 12.3 Å². The summed E-state index contributed by atoms with van der Waals surface area (Å²) in [4.78, 5) is 13.4. The summed E-state index contributed by atoms with van der Waals surface area (Å²) in [5.41, 5.74) is 5.51. The quantitative estimate of drug-likeness (QED) is 0.583. The van der Waals surface area contributed by atoms with E-state index >= 15 is 0 Å². The van der Waals surface area contributed by atoms with Crippen molar-refractivity contribution in [2.24, 2.45) is 5.73 Å². The molecular weight excluding hydrogens is 186 g/mol. The van der Waals surface area contributed by atoms with Gasteiger partial charge in [0.2, 0.25) is 5.91 Å². The molecule has 5 heteroatoms. The summed E-state index contributed by atoms with van der Waals surface area (Å²) in [6.07, 6.45) is 0. The maximum absolute atomic E-state index is 11.4. The first-order chi connectivity index (χ1) is 6.13. The van der Waals surface area contributed by atoms with Crippen molar-refractivity contribution < 1.29 is 4.79 Å². The highest BCUT2D eigenvalue weighted by molar-refractivity contribution is 8.01. The Hall–Kier alpha value is -0.260. The van der Waals surface area contributed by atoms with Gasteiger partial charge in [-0.3, -0.25) is 10.1 Å². The van der Waals surface area contributed by atoms with Gasteiger partial charge in [0.05, 0.1) is 19.1 Å². The number of nitrogens with one attached hydrogen (secondary N) is 1. The van der Waals surface area contributed by atoms with Gasteiger partial charge in [-0.25, -0.2) is 0 Å². The van der Waals surface area contributed by atoms with Crippen molar-refractivity contribution >= 4 is 17.7 Å². The van der Waals surface area contributed by atoms with E-state index in [4.69, 9.17) is 5.73 Å². The lowest BCUT2D eigenvalue weighted by atomic mass is 10.1. The minimum atomic E-state index is -0.358. The van der Waals surface area contributed by atoms with Gasteiger partial charge in [0.1, 0.15) is 4.87 Å². The summed E-state index contributed by atoms with van der Waals surface area (Å²) in [7, 11) is 0. The lowest BCUT2D eigenvalue weighted by Gasteiger charge is -2.47. The van der Waals surface area contributed by atoms with Crippen molar-refractivity contribution in [1.82, 2.24) is 10.2 Å². The summed E-state index contributed by atoms with van der Waals surface area (Å²) in [5.74, 6) is 1.22. The van der Waals surface area contributed by atoms with Crippen molar-refractivity contribution in [3.63, 3.8) is 0 Å². The Balaban J connectivity index is 1.87. The molecule has 2 saturated heterocycles. The molecule has 4 nitrogen and oxygen atoms in total. The zero-order valence-corrected chi connectivity index (χ0v) is 8.56. The van der Waals surface area contributed by atoms with Crippen LogP contribution in [0.2, 0.25) is 0 Å². The topological polar surface area (TPSA) is 58.4 Å². The third kappa shape index (κ3) is 1.56. The largest absolute Gasteiger partial charge is 0.336 e. The molecule has 0 radical (unpaired) electrons. The molecule has 2 rings (SSSR count). The minimum absolute atomic E-state index is 0.0694. The van der Waals surface area contributed by atoms with Crippen LogP contribution in [0.5, 0.6) is 0 Å². The van der Waals surface area contributed by atoms with E-state index < -0.39 is 0 Å². The van der Waals surface area contributed by atoms with E-state index in [-0.39, 0.29) is 16.8 Å². The number of carbonyl (C=O) groups is 1. The van der Waals surface area contributed by atoms with Crippen LogP contribution in [0.25, 0.3) is 0 Å². The molecule has 0 aromatic heterocycles. The zero-order chi connectivity index (χ0) is 9.47. The van der Waals surface area contributed by atoms with Crippen LogP contribution in [0.15, 0.2) is 0 Å². The molecule has 0 aromatic carbocycles. The summed E-state index contributed by atoms with van der Waals surface area (Å²) < 4.78 is 0. The number of hydrogen-bond acceptors (Lipinski definition) is 4. The number of nitrogens with zero attached hydrogens (tertiary/aromatic N) is 1. The SMILES string of the molecule is C[C@H](N)C(=O)N1CC2(C1)NCCS2. The van der Waals surface area contributed by atoms with Crippen LogP contribution >= 0.6 is 11.8 Å². The van der Waals surface area contributed by atoms with Crippen LogP contribution in [0.3, 0.4) is 0 Å². The van der Waals surface area contributed by atoms with Gasteiger partial charge in [-0.1, -0.05) is 0 Å². The molecular formula is C8H15N3OS. The Kier molecular flexibility index (Phi) is 2.25. The van der Waals surface area contributed by atoms with E-state index in [9.17, 15) is 4.79 Å². The van der Waals surface area contributed by atoms with E-state index in [0.717, 1.165) is 25.4 Å². The fourth-order valence-corrected chi connectivity index (χ4v) is 3.09. The molecule has 0 saturated carbocycles. The average molecular weight is 201 g/mol. The van der Waals surface area contributed by atoms with Crippen molar-refractivity contribution in [1.29, 1.82) is 0 Å². The van der Waals surface area contributed by atoms with Gasteiger partial charge in [-0.15, -0.1) is 11.8 Å². The molecule has 2 aliphatic rings. The van der Waals surface area contributed by atoms with Gasteiger partial charge in [-0.05, 0) is 6.92 Å². The molecule has 1 atom stereocenters. The molecule has 0 aliphatic carbocycles. The third-order valence-electron chi connectivity index (χ3n) is 2.52. The fourth-order valence-electron chi connectivity index (χ4n) is 1.79. The monoisotopic (exact) mass is 201 g/mol. The second-order valence-electron chi connectivity index (χ2n) is 3.75. The molecule has 1 amide bonds. The smallest absolute Gasteiger partial charge is 0.239 e. The summed E-state index contributed by atoms with van der Waals surface area (Å²) in [5, 5.41) is 3.42. The zero-order valence-electron chi connectivity index (χ0n) is 7.75. The van der Waals surface area contributed by atoms with Crippen molar-refractivity contribution in [2.45, 2.75) is 17.8 Å². The highest BCUT2D eigenvalue weighted by atomic mass is 32.2. The summed E-state index contributed by atoms with van der Waals surface area (Å²) in [6.45, 7) is 4.43. The lowest BCUT2D eigenvalue weighted by molar-refractivity contribution is -0.137. The lowest BCUT2D eigenvalue weighted by Crippen LogP contribution is -2.68. The van der Waals surface area contributed by atoms with Crippen LogP contribution in [0.1, 0.15) is 6.92 Å². The first kappa shape index (κ1) is 9.30. The number of hydrogen-bond donors (Lipinski definition) is 2. The summed E-state index contributed by atoms with van der Waals surface area (Å²) in [6, 6.07) is -0.358. The highest BCUT2D eigenvalue weighted by Gasteiger charge is 2.47. The van der Waals surface area contributed by atoms with Crippen LogP contribution in [-0.2, 0) is 4.79 Å². The maximum atomic E-state index is 11.4. The molecule has 3 N–H and O–H groups in total. The van der Waals surface area contributed by atoms with Gasteiger partial charge in [-0.2, -0.15) is 0 Å². The molecule has 0 aromatic rings. The minimum Gasteiger partial charge on any atom is -0.336 e. The number of carbonyl (C=O) groups excluding carboxylic acids is 1. The molecule has 0 bridgehead atoms. The van der Waals surface area contributed by atoms with E-state index in [1.165, 1.54) is 0 Å². The van der Waals surface area contributed by atoms with Gasteiger partial charge in [0.15, 0.2) is 0 Å². The van der Waals surface area contributed by atoms with Crippen molar-refractivity contribution in [2.75, 3.05) is 25.4 Å². The van der Waals surface area contributed by atoms with E-state index in [2.05, 4.69) is 5.32 Å². The molecule has 2 heterocycles. The van der Waals surface area contributed by atoms with Gasteiger partial charge < -0.3 is 10.6 Å². The number of thioether (sulfide) groups is 1. The first-order valence-corrected chi connectivity index (χ1v) is 5.55. The highest BCUT2D eigenvalue weighted by Crippen LogP contribution is 2.36. The number of nitrogens with two attached hydrogens (primary N) is 1. The van der Waals surface area contributed by atoms with E-state index in [1.807, 2.05) is 16.7 Å². The molecule has 2 aliphatic heterocycles. The number of amides is 1. The Bertz CT molecular complexity index is 217. The third-order valence-corrected chi connectivity index (χ3v) is 3.88. The van der Waals surface area contributed by atoms with Crippen LogP contribution in [0.4, 0.5) is 0 Å². The van der Waals surface area contributed by atoms with E-state index in [1.54, 1.807) is 6.92 Å². The first-order valence-electron chi connectivity index (χ1n) is 4.56. The second-order valence-corrected chi connectivity index (χ2v) is 5.23. The standard InChI is InChI=1S/C8H15N3OS/c1-6(9)7(12)11-4-8(5-11)10-2-3-13-8/h6,10H,2-5,9H2,1H3/t6-/m0/s1. The Morgan fingerprint density at radius 2 is 2.38 bits per heavy atom. The van der Waals surface area contributed by atoms with Crippen molar-refractivity contribution in [3.05, 3.63) is 0 Å². The molecule has 13 heavy (non-hydrogen) atoms. The predicted octanol–water partition coefficient (Wildman–Crippen LogP) is -0.791. The molecule has 2 fully saturated rings. The van der Waals surface area contributed by atoms with Crippen LogP contribution in [0, 0.1) is 0 Å². The Labute approximate surface area is 82.2 Å². The fraction of sp³-hybridized carbons (Fsp3) is 0.875. The Morgan fingerprint density at radius 1 is 1.69 bits per heavy atom. The number of rotatable bonds is 1. The predicted molar refractivity (Wildman–Crippen MR) is 53.4 cm³/mol. The van der Waals surface area contributed by atoms with Gasteiger partial charge >= 0.3 is 0 Å². The number of likely N-dealkylation sites (tertiary alicyclic amines) is 1. The van der Waals surface area contributed by atoms with Gasteiger partial charge in [0.25, 0.3) is 0 Å². The Morgan fingerprint density at radius 3 is 2.85 bits per heavy atom. The normalized spacial score (nSPS) is 27.4. The van der Waals surface area contributed by atoms with Crippen LogP contribution in [-0.4, -0.2) is 47.1 Å². The van der Waals surface area contributed by atoms with Crippen molar-refractivity contribution in [3.8, 4) is 0 Å². The van der Waals surface area contributed by atoms with E-state index in [0.29, 0.717) is 0 Å².